The summed E-state index contributed by atoms with van der Waals surface area (Å²) in [5.41, 5.74) is 2.59. The van der Waals surface area contributed by atoms with Crippen molar-refractivity contribution >= 4 is 17.7 Å². The Kier molecular flexibility index (Phi) is 18.2. The Labute approximate surface area is 268 Å². The molecule has 0 spiro atoms. The minimum absolute atomic E-state index is 0.0790. The average Bonchev–Trinajstić information content (AvgIpc) is 2.97. The van der Waals surface area contributed by atoms with E-state index in [0.717, 1.165) is 25.7 Å². The van der Waals surface area contributed by atoms with Crippen molar-refractivity contribution in [1.82, 2.24) is 21.1 Å². The van der Waals surface area contributed by atoms with Crippen molar-refractivity contribution in [3.05, 3.63) is 12.2 Å². The van der Waals surface area contributed by atoms with E-state index in [-0.39, 0.29) is 36.7 Å². The molecule has 1 atom stereocenters. The quantitative estimate of drug-likeness (QED) is 0.102. The van der Waals surface area contributed by atoms with Crippen molar-refractivity contribution in [2.24, 2.45) is 5.41 Å². The first-order valence-electron chi connectivity index (χ1n) is 17.6. The van der Waals surface area contributed by atoms with Crippen LogP contribution in [0.15, 0.2) is 12.2 Å². The largest absolute Gasteiger partial charge is 0.353 e. The number of hydrogen-bond donors (Lipinski definition) is 3. The van der Waals surface area contributed by atoms with Gasteiger partial charge in [0, 0.05) is 43.9 Å². The third-order valence-electron chi connectivity index (χ3n) is 8.60. The highest BCUT2D eigenvalue weighted by Crippen LogP contribution is 2.34. The molecule has 2 heterocycles. The molecule has 44 heavy (non-hydrogen) atoms. The molecule has 1 unspecified atom stereocenters. The Morgan fingerprint density at radius 2 is 1.39 bits per heavy atom. The summed E-state index contributed by atoms with van der Waals surface area (Å²) in [6, 6.07) is 0.0790. The molecule has 2 aliphatic heterocycles. The van der Waals surface area contributed by atoms with Gasteiger partial charge < -0.3 is 20.1 Å². The van der Waals surface area contributed by atoms with Crippen LogP contribution in [0.2, 0.25) is 0 Å². The molecule has 9 heteroatoms. The molecule has 2 fully saturated rings. The number of unbranched alkanes of at least 4 members (excludes halogenated alkanes) is 11. The lowest BCUT2D eigenvalue weighted by Crippen LogP contribution is -2.56. The molecule has 0 aromatic rings. The van der Waals surface area contributed by atoms with E-state index >= 15 is 0 Å². The first-order chi connectivity index (χ1) is 21.0. The predicted octanol–water partition coefficient (Wildman–Crippen LogP) is 6.32. The van der Waals surface area contributed by atoms with Gasteiger partial charge in [0.05, 0.1) is 6.61 Å². The normalized spacial score (nSPS) is 20.4. The molecule has 3 N–H and O–H groups in total. The Balaban J connectivity index is 1.45. The highest BCUT2D eigenvalue weighted by Gasteiger charge is 2.45. The zero-order valence-corrected chi connectivity index (χ0v) is 28.6. The lowest BCUT2D eigenvalue weighted by Gasteiger charge is -2.44. The van der Waals surface area contributed by atoms with Gasteiger partial charge in [0.15, 0.2) is 5.79 Å². The van der Waals surface area contributed by atoms with E-state index in [1.165, 1.54) is 70.6 Å². The van der Waals surface area contributed by atoms with Gasteiger partial charge in [0.1, 0.15) is 6.10 Å². The molecular formula is C35H64N4O5. The SMILES string of the molecule is CCCCCCCC/C=C/CCCCCCCC(=O)NN1CCC(NC(=O)CCNC(=O)C2OC(C)(C)OCC2(C)C)CC1. The lowest BCUT2D eigenvalue weighted by atomic mass is 9.85. The van der Waals surface area contributed by atoms with Gasteiger partial charge in [-0.1, -0.05) is 84.3 Å². The number of rotatable bonds is 21. The number of piperidine rings is 1. The summed E-state index contributed by atoms with van der Waals surface area (Å²) in [6.07, 6.45) is 22.6. The highest BCUT2D eigenvalue weighted by molar-refractivity contribution is 5.83. The average molecular weight is 621 g/mol. The molecule has 2 rings (SSSR count). The Morgan fingerprint density at radius 3 is 2.02 bits per heavy atom. The minimum Gasteiger partial charge on any atom is -0.353 e. The highest BCUT2D eigenvalue weighted by atomic mass is 16.7. The van der Waals surface area contributed by atoms with Gasteiger partial charge in [-0.15, -0.1) is 0 Å². The predicted molar refractivity (Wildman–Crippen MR) is 177 cm³/mol. The van der Waals surface area contributed by atoms with Crippen LogP contribution in [0.25, 0.3) is 0 Å². The summed E-state index contributed by atoms with van der Waals surface area (Å²) in [4.78, 5) is 37.6. The molecule has 0 aromatic heterocycles. The first-order valence-corrected chi connectivity index (χ1v) is 17.6. The third kappa shape index (κ3) is 16.4. The molecular weight excluding hydrogens is 556 g/mol. The standard InChI is InChI=1S/C35H64N4O5/c1-6-7-8-9-10-11-12-13-14-15-16-17-18-19-20-21-31(41)38-39-26-23-29(24-27-39)37-30(40)22-25-36-33(42)32-34(2,3)28-43-35(4,5)44-32/h13-14,29,32H,6-12,15-28H2,1-5H3,(H,36,42)(H,37,40)(H,38,41)/b14-13+. The van der Waals surface area contributed by atoms with Crippen LogP contribution in [0.5, 0.6) is 0 Å². The van der Waals surface area contributed by atoms with Gasteiger partial charge >= 0.3 is 0 Å². The van der Waals surface area contributed by atoms with Crippen LogP contribution >= 0.6 is 0 Å². The number of amides is 3. The maximum absolute atomic E-state index is 12.7. The number of carbonyl (C=O) groups is 3. The summed E-state index contributed by atoms with van der Waals surface area (Å²) in [5.74, 6) is -1.02. The van der Waals surface area contributed by atoms with Gasteiger partial charge in [0.25, 0.3) is 0 Å². The molecule has 9 nitrogen and oxygen atoms in total. The lowest BCUT2D eigenvalue weighted by molar-refractivity contribution is -0.304. The van der Waals surface area contributed by atoms with Crippen LogP contribution in [0.3, 0.4) is 0 Å². The third-order valence-corrected chi connectivity index (χ3v) is 8.60. The van der Waals surface area contributed by atoms with Crippen LogP contribution in [0, 0.1) is 5.41 Å². The zero-order valence-electron chi connectivity index (χ0n) is 28.6. The van der Waals surface area contributed by atoms with Gasteiger partial charge in [0.2, 0.25) is 17.7 Å². The minimum atomic E-state index is -0.812. The molecule has 3 amide bonds. The Bertz CT molecular complexity index is 867. The number of hydrazine groups is 1. The summed E-state index contributed by atoms with van der Waals surface area (Å²) in [6.45, 7) is 11.8. The Morgan fingerprint density at radius 1 is 0.795 bits per heavy atom. The summed E-state index contributed by atoms with van der Waals surface area (Å²) in [5, 5.41) is 7.90. The fourth-order valence-electron chi connectivity index (χ4n) is 5.74. The van der Waals surface area contributed by atoms with E-state index in [9.17, 15) is 14.4 Å². The van der Waals surface area contributed by atoms with Crippen LogP contribution in [0.4, 0.5) is 0 Å². The van der Waals surface area contributed by atoms with Crippen molar-refractivity contribution in [3.63, 3.8) is 0 Å². The van der Waals surface area contributed by atoms with E-state index in [0.29, 0.717) is 26.1 Å². The Hall–Kier alpha value is -1.97. The number of ether oxygens (including phenoxy) is 2. The van der Waals surface area contributed by atoms with E-state index in [2.05, 4.69) is 35.1 Å². The second kappa shape index (κ2) is 20.9. The van der Waals surface area contributed by atoms with Gasteiger partial charge in [-0.05, 0) is 58.8 Å². The van der Waals surface area contributed by atoms with Crippen LogP contribution < -0.4 is 16.1 Å². The topological polar surface area (TPSA) is 109 Å². The maximum Gasteiger partial charge on any atom is 0.249 e. The molecule has 254 valence electrons. The van der Waals surface area contributed by atoms with E-state index in [4.69, 9.17) is 9.47 Å². The zero-order chi connectivity index (χ0) is 32.3. The molecule has 0 aromatic carbocycles. The fraction of sp³-hybridized carbons (Fsp3) is 0.857. The number of allylic oxidation sites excluding steroid dienone is 2. The molecule has 2 saturated heterocycles. The summed E-state index contributed by atoms with van der Waals surface area (Å²) >= 11 is 0. The van der Waals surface area contributed by atoms with E-state index in [1.54, 1.807) is 13.8 Å². The van der Waals surface area contributed by atoms with Crippen LogP contribution in [-0.2, 0) is 23.9 Å². The van der Waals surface area contributed by atoms with Gasteiger partial charge in [-0.25, -0.2) is 5.01 Å². The molecule has 0 bridgehead atoms. The summed E-state index contributed by atoms with van der Waals surface area (Å²) in [7, 11) is 0. The van der Waals surface area contributed by atoms with Crippen molar-refractivity contribution in [1.29, 1.82) is 0 Å². The monoisotopic (exact) mass is 620 g/mol. The molecule has 2 aliphatic rings. The van der Waals surface area contributed by atoms with Crippen molar-refractivity contribution < 1.29 is 23.9 Å². The first kappa shape index (κ1) is 38.2. The summed E-state index contributed by atoms with van der Waals surface area (Å²) < 4.78 is 11.5. The van der Waals surface area contributed by atoms with Crippen molar-refractivity contribution in [2.75, 3.05) is 26.2 Å². The second-order valence-electron chi connectivity index (χ2n) is 13.9. The van der Waals surface area contributed by atoms with E-state index < -0.39 is 17.3 Å². The molecule has 0 radical (unpaired) electrons. The van der Waals surface area contributed by atoms with Crippen LogP contribution in [0.1, 0.15) is 144 Å². The van der Waals surface area contributed by atoms with E-state index in [1.807, 2.05) is 18.9 Å². The smallest absolute Gasteiger partial charge is 0.249 e. The number of carbonyl (C=O) groups excluding carboxylic acids is 3. The molecule has 0 saturated carbocycles. The number of nitrogens with one attached hydrogen (secondary N) is 3. The van der Waals surface area contributed by atoms with Gasteiger partial charge in [-0.3, -0.25) is 19.8 Å². The van der Waals surface area contributed by atoms with Gasteiger partial charge in [-0.2, -0.15) is 0 Å². The number of hydrogen-bond acceptors (Lipinski definition) is 6. The fourth-order valence-corrected chi connectivity index (χ4v) is 5.74. The van der Waals surface area contributed by atoms with Crippen molar-refractivity contribution in [2.45, 2.75) is 162 Å². The molecule has 0 aliphatic carbocycles. The second-order valence-corrected chi connectivity index (χ2v) is 13.9. The number of nitrogens with zero attached hydrogens (tertiary/aromatic N) is 1. The maximum atomic E-state index is 12.7. The van der Waals surface area contributed by atoms with Crippen LogP contribution in [-0.4, -0.2) is 66.9 Å². The van der Waals surface area contributed by atoms with Crippen molar-refractivity contribution in [3.8, 4) is 0 Å².